The summed E-state index contributed by atoms with van der Waals surface area (Å²) in [6.07, 6.45) is 2.93. The van der Waals surface area contributed by atoms with Crippen molar-refractivity contribution in [2.24, 2.45) is 17.8 Å². The molecule has 2 aliphatic rings. The summed E-state index contributed by atoms with van der Waals surface area (Å²) < 4.78 is 11.8. The third-order valence-corrected chi connectivity index (χ3v) is 5.16. The van der Waals surface area contributed by atoms with Gasteiger partial charge in [0.25, 0.3) is 0 Å². The van der Waals surface area contributed by atoms with E-state index in [-0.39, 0.29) is 11.9 Å². The minimum absolute atomic E-state index is 0.251. The first-order valence-corrected chi connectivity index (χ1v) is 8.51. The molecule has 1 saturated carbocycles. The van der Waals surface area contributed by atoms with Gasteiger partial charge >= 0.3 is 5.97 Å². The third kappa shape index (κ3) is 2.58. The molecule has 2 aromatic carbocycles. The highest BCUT2D eigenvalue weighted by Crippen LogP contribution is 2.40. The second-order valence-corrected chi connectivity index (χ2v) is 7.23. The van der Waals surface area contributed by atoms with Gasteiger partial charge in [0.15, 0.2) is 0 Å². The van der Waals surface area contributed by atoms with Crippen molar-refractivity contribution in [1.29, 1.82) is 0 Å². The molecule has 3 nitrogen and oxygen atoms in total. The summed E-state index contributed by atoms with van der Waals surface area (Å²) in [5.74, 6) is 2.01. The molecular weight excluding hydrogens is 288 g/mol. The number of fused-ring (bicyclic) bond motifs is 3. The normalized spacial score (nSPS) is 30.4. The van der Waals surface area contributed by atoms with E-state index in [4.69, 9.17) is 9.47 Å². The van der Waals surface area contributed by atoms with Crippen LogP contribution >= 0.6 is 0 Å². The molecule has 0 bridgehead atoms. The van der Waals surface area contributed by atoms with E-state index in [0.717, 1.165) is 23.6 Å². The highest BCUT2D eigenvalue weighted by molar-refractivity contribution is 6.07. The second-order valence-electron chi connectivity index (χ2n) is 7.23. The Kier molecular flexibility index (Phi) is 3.51. The van der Waals surface area contributed by atoms with Crippen LogP contribution in [-0.2, 0) is 4.74 Å². The van der Waals surface area contributed by atoms with Crippen LogP contribution in [0, 0.1) is 17.8 Å². The van der Waals surface area contributed by atoms with Gasteiger partial charge in [-0.25, -0.2) is 4.79 Å². The highest BCUT2D eigenvalue weighted by Gasteiger charge is 2.38. The smallest absolute Gasteiger partial charge is 0.345 e. The van der Waals surface area contributed by atoms with Gasteiger partial charge < -0.3 is 9.47 Å². The van der Waals surface area contributed by atoms with Gasteiger partial charge in [0, 0.05) is 5.92 Å². The topological polar surface area (TPSA) is 35.5 Å². The lowest BCUT2D eigenvalue weighted by molar-refractivity contribution is -0.106. The van der Waals surface area contributed by atoms with Gasteiger partial charge in [0.2, 0.25) is 6.29 Å². The first-order valence-electron chi connectivity index (χ1n) is 8.51. The number of carbonyl (C=O) groups is 1. The van der Waals surface area contributed by atoms with Gasteiger partial charge in [-0.15, -0.1) is 0 Å². The lowest BCUT2D eigenvalue weighted by Crippen LogP contribution is -2.39. The van der Waals surface area contributed by atoms with E-state index in [9.17, 15) is 4.79 Å². The zero-order valence-corrected chi connectivity index (χ0v) is 13.6. The monoisotopic (exact) mass is 310 g/mol. The fourth-order valence-corrected chi connectivity index (χ4v) is 4.30. The van der Waals surface area contributed by atoms with E-state index >= 15 is 0 Å². The average Bonchev–Trinajstić information content (AvgIpc) is 2.53. The summed E-state index contributed by atoms with van der Waals surface area (Å²) in [4.78, 5) is 12.6. The SMILES string of the molecule is CC1CC(C)CC(C2OC(=O)c3c(ccc4ccccc34)O2)C1. The quantitative estimate of drug-likeness (QED) is 0.711. The number of hydrogen-bond acceptors (Lipinski definition) is 3. The minimum Gasteiger partial charge on any atom is -0.454 e. The van der Waals surface area contributed by atoms with Crippen molar-refractivity contribution >= 4 is 16.7 Å². The fraction of sp³-hybridized carbons (Fsp3) is 0.450. The van der Waals surface area contributed by atoms with Gasteiger partial charge in [-0.2, -0.15) is 0 Å². The third-order valence-electron chi connectivity index (χ3n) is 5.16. The molecule has 0 N–H and O–H groups in total. The summed E-state index contributed by atoms with van der Waals surface area (Å²) in [5, 5.41) is 1.93. The van der Waals surface area contributed by atoms with E-state index in [0.29, 0.717) is 23.1 Å². The van der Waals surface area contributed by atoms with Crippen molar-refractivity contribution in [3.63, 3.8) is 0 Å². The van der Waals surface area contributed by atoms with Crippen LogP contribution in [0.5, 0.6) is 5.75 Å². The molecular formula is C20H22O3. The molecule has 1 aliphatic heterocycles. The molecule has 1 heterocycles. The van der Waals surface area contributed by atoms with E-state index in [1.807, 2.05) is 36.4 Å². The van der Waals surface area contributed by atoms with Gasteiger partial charge in [-0.1, -0.05) is 44.2 Å². The molecule has 1 fully saturated rings. The standard InChI is InChI=1S/C20H22O3/c1-12-9-13(2)11-15(10-12)20-22-17-8-7-14-5-3-4-6-16(14)18(17)19(21)23-20/h3-8,12-13,15,20H,9-11H2,1-2H3. The zero-order valence-electron chi connectivity index (χ0n) is 13.6. The molecule has 3 atom stereocenters. The Morgan fingerprint density at radius 3 is 2.43 bits per heavy atom. The number of rotatable bonds is 1. The Hall–Kier alpha value is -2.03. The minimum atomic E-state index is -0.443. The van der Waals surface area contributed by atoms with Gasteiger partial charge in [-0.3, -0.25) is 0 Å². The van der Waals surface area contributed by atoms with Crippen LogP contribution < -0.4 is 4.74 Å². The summed E-state index contributed by atoms with van der Waals surface area (Å²) in [7, 11) is 0. The summed E-state index contributed by atoms with van der Waals surface area (Å²) >= 11 is 0. The van der Waals surface area contributed by atoms with E-state index in [2.05, 4.69) is 13.8 Å². The molecule has 3 unspecified atom stereocenters. The van der Waals surface area contributed by atoms with Crippen LogP contribution in [0.15, 0.2) is 36.4 Å². The summed E-state index contributed by atoms with van der Waals surface area (Å²) in [6, 6.07) is 11.8. The largest absolute Gasteiger partial charge is 0.454 e. The predicted octanol–water partition coefficient (Wildman–Crippen LogP) is 4.79. The molecule has 0 saturated heterocycles. The zero-order chi connectivity index (χ0) is 16.0. The molecule has 0 radical (unpaired) electrons. The number of carbonyl (C=O) groups excluding carboxylic acids is 1. The lowest BCUT2D eigenvalue weighted by Gasteiger charge is -2.37. The molecule has 4 rings (SSSR count). The van der Waals surface area contributed by atoms with Crippen molar-refractivity contribution in [2.75, 3.05) is 0 Å². The summed E-state index contributed by atoms with van der Waals surface area (Å²) in [6.45, 7) is 4.55. The Labute approximate surface area is 136 Å². The maximum Gasteiger partial charge on any atom is 0.345 e. The van der Waals surface area contributed by atoms with Gasteiger partial charge in [-0.05, 0) is 47.9 Å². The van der Waals surface area contributed by atoms with Crippen molar-refractivity contribution in [1.82, 2.24) is 0 Å². The number of cyclic esters (lactones) is 1. The molecule has 1 aliphatic carbocycles. The van der Waals surface area contributed by atoms with E-state index in [1.54, 1.807) is 0 Å². The number of hydrogen-bond donors (Lipinski definition) is 0. The number of benzene rings is 2. The van der Waals surface area contributed by atoms with Crippen molar-refractivity contribution < 1.29 is 14.3 Å². The highest BCUT2D eigenvalue weighted by atomic mass is 16.7. The predicted molar refractivity (Wildman–Crippen MR) is 89.4 cm³/mol. The van der Waals surface area contributed by atoms with E-state index < -0.39 is 6.29 Å². The molecule has 0 spiro atoms. The Morgan fingerprint density at radius 1 is 0.913 bits per heavy atom. The van der Waals surface area contributed by atoms with Crippen LogP contribution in [0.3, 0.4) is 0 Å². The first kappa shape index (κ1) is 14.6. The number of esters is 1. The van der Waals surface area contributed by atoms with Crippen LogP contribution in [0.2, 0.25) is 0 Å². The van der Waals surface area contributed by atoms with Crippen molar-refractivity contribution in [3.05, 3.63) is 42.0 Å². The molecule has 3 heteroatoms. The Bertz CT molecular complexity index is 742. The Morgan fingerprint density at radius 2 is 1.65 bits per heavy atom. The van der Waals surface area contributed by atoms with Crippen LogP contribution in [0.1, 0.15) is 43.5 Å². The molecule has 2 aromatic rings. The maximum atomic E-state index is 12.6. The average molecular weight is 310 g/mol. The molecule has 0 amide bonds. The maximum absolute atomic E-state index is 12.6. The van der Waals surface area contributed by atoms with Crippen LogP contribution in [-0.4, -0.2) is 12.3 Å². The Balaban J connectivity index is 1.67. The first-order chi connectivity index (χ1) is 11.1. The van der Waals surface area contributed by atoms with Crippen molar-refractivity contribution in [3.8, 4) is 5.75 Å². The number of ether oxygens (including phenoxy) is 2. The lowest BCUT2D eigenvalue weighted by atomic mass is 9.76. The molecule has 23 heavy (non-hydrogen) atoms. The molecule has 120 valence electrons. The second kappa shape index (κ2) is 5.55. The van der Waals surface area contributed by atoms with Crippen molar-refractivity contribution in [2.45, 2.75) is 39.4 Å². The van der Waals surface area contributed by atoms with E-state index in [1.165, 1.54) is 6.42 Å². The van der Waals surface area contributed by atoms with Gasteiger partial charge in [0.05, 0.1) is 0 Å². The van der Waals surface area contributed by atoms with Gasteiger partial charge in [0.1, 0.15) is 11.3 Å². The molecule has 0 aromatic heterocycles. The van der Waals surface area contributed by atoms with Crippen LogP contribution in [0.25, 0.3) is 10.8 Å². The summed E-state index contributed by atoms with van der Waals surface area (Å²) in [5.41, 5.74) is 0.566. The fourth-order valence-electron chi connectivity index (χ4n) is 4.30. The van der Waals surface area contributed by atoms with Crippen LogP contribution in [0.4, 0.5) is 0 Å².